The lowest BCUT2D eigenvalue weighted by molar-refractivity contribution is -0.119. The Hall–Kier alpha value is -1.22. The maximum atomic E-state index is 10.8. The van der Waals surface area contributed by atoms with Crippen LogP contribution in [-0.2, 0) is 4.79 Å². The lowest BCUT2D eigenvalue weighted by atomic mass is 10.1. The van der Waals surface area contributed by atoms with E-state index < -0.39 is 0 Å². The number of aryl methyl sites for hydroxylation is 2. The minimum absolute atomic E-state index is 0. The third kappa shape index (κ3) is 5.09. The number of rotatable bonds is 4. The van der Waals surface area contributed by atoms with E-state index >= 15 is 0 Å². The van der Waals surface area contributed by atoms with Crippen LogP contribution in [0.15, 0.2) is 18.2 Å². The summed E-state index contributed by atoms with van der Waals surface area (Å²) in [5, 5.41) is 2.79. The van der Waals surface area contributed by atoms with Crippen molar-refractivity contribution in [1.29, 1.82) is 0 Å². The van der Waals surface area contributed by atoms with Gasteiger partial charge in [0.15, 0.2) is 0 Å². The number of benzene rings is 1. The van der Waals surface area contributed by atoms with Crippen LogP contribution in [-0.4, -0.2) is 18.6 Å². The molecule has 1 amide bonds. The molecule has 1 unspecified atom stereocenters. The van der Waals surface area contributed by atoms with Gasteiger partial charge in [-0.15, -0.1) is 12.4 Å². The monoisotopic (exact) mass is 257 g/mol. The highest BCUT2D eigenvalue weighted by molar-refractivity contribution is 5.85. The molecule has 4 heteroatoms. The summed E-state index contributed by atoms with van der Waals surface area (Å²) in [6, 6.07) is 6.07. The average Bonchev–Trinajstić information content (AvgIpc) is 2.15. The molecule has 0 bridgehead atoms. The second-order valence-corrected chi connectivity index (χ2v) is 4.13. The van der Waals surface area contributed by atoms with E-state index in [2.05, 4.69) is 5.32 Å². The van der Waals surface area contributed by atoms with Gasteiger partial charge in [-0.2, -0.15) is 0 Å². The molecule has 1 aromatic carbocycles. The van der Waals surface area contributed by atoms with Crippen molar-refractivity contribution in [3.63, 3.8) is 0 Å². The second-order valence-electron chi connectivity index (χ2n) is 4.13. The van der Waals surface area contributed by atoms with Gasteiger partial charge in [-0.05, 0) is 31.9 Å². The summed E-state index contributed by atoms with van der Waals surface area (Å²) in [7, 11) is 0. The number of amides is 1. The molecule has 0 aliphatic rings. The van der Waals surface area contributed by atoms with E-state index in [1.165, 1.54) is 6.92 Å². The normalized spacial score (nSPS) is 11.3. The minimum atomic E-state index is -0.0300. The lowest BCUT2D eigenvalue weighted by Gasteiger charge is -2.16. The van der Waals surface area contributed by atoms with Crippen molar-refractivity contribution in [2.45, 2.75) is 33.7 Å². The first-order chi connectivity index (χ1) is 7.50. The van der Waals surface area contributed by atoms with Crippen molar-refractivity contribution in [3.8, 4) is 5.75 Å². The Morgan fingerprint density at radius 1 is 1.35 bits per heavy atom. The predicted octanol–water partition coefficient (Wildman–Crippen LogP) is 2.63. The van der Waals surface area contributed by atoms with Crippen LogP contribution in [0, 0.1) is 13.8 Å². The highest BCUT2D eigenvalue weighted by Gasteiger charge is 2.07. The molecular formula is C13H20ClNO2. The molecule has 0 heterocycles. The number of carbonyl (C=O) groups is 1. The van der Waals surface area contributed by atoms with Gasteiger partial charge in [0.25, 0.3) is 0 Å². The molecule has 1 aromatic rings. The highest BCUT2D eigenvalue weighted by atomic mass is 35.5. The van der Waals surface area contributed by atoms with E-state index in [0.717, 1.165) is 16.9 Å². The van der Waals surface area contributed by atoms with Gasteiger partial charge >= 0.3 is 0 Å². The largest absolute Gasteiger partial charge is 0.491 e. The summed E-state index contributed by atoms with van der Waals surface area (Å²) in [6.07, 6.45) is 0. The summed E-state index contributed by atoms with van der Waals surface area (Å²) < 4.78 is 5.72. The van der Waals surface area contributed by atoms with Gasteiger partial charge in [0, 0.05) is 6.92 Å². The van der Waals surface area contributed by atoms with Crippen LogP contribution >= 0.6 is 12.4 Å². The molecule has 0 radical (unpaired) electrons. The van der Waals surface area contributed by atoms with Gasteiger partial charge in [-0.1, -0.05) is 18.2 Å². The third-order valence-electron chi connectivity index (χ3n) is 2.34. The van der Waals surface area contributed by atoms with E-state index in [0.29, 0.717) is 6.61 Å². The van der Waals surface area contributed by atoms with Crippen LogP contribution in [0.5, 0.6) is 5.75 Å². The zero-order valence-corrected chi connectivity index (χ0v) is 11.6. The molecule has 1 rings (SSSR count). The molecule has 0 fully saturated rings. The van der Waals surface area contributed by atoms with Crippen LogP contribution in [0.4, 0.5) is 0 Å². The Labute approximate surface area is 109 Å². The van der Waals surface area contributed by atoms with Gasteiger partial charge in [0.2, 0.25) is 5.91 Å². The molecule has 1 N–H and O–H groups in total. The first-order valence-electron chi connectivity index (χ1n) is 5.47. The average molecular weight is 258 g/mol. The van der Waals surface area contributed by atoms with Crippen LogP contribution in [0.3, 0.4) is 0 Å². The zero-order chi connectivity index (χ0) is 12.1. The Kier molecular flexibility index (Phi) is 6.66. The van der Waals surface area contributed by atoms with Crippen molar-refractivity contribution < 1.29 is 9.53 Å². The number of hydrogen-bond acceptors (Lipinski definition) is 2. The topological polar surface area (TPSA) is 38.3 Å². The van der Waals surface area contributed by atoms with Crippen LogP contribution in [0.2, 0.25) is 0 Å². The molecule has 96 valence electrons. The quantitative estimate of drug-likeness (QED) is 0.901. The Morgan fingerprint density at radius 3 is 2.35 bits per heavy atom. The Morgan fingerprint density at radius 2 is 1.88 bits per heavy atom. The van der Waals surface area contributed by atoms with Crippen LogP contribution in [0.1, 0.15) is 25.0 Å². The number of para-hydroxylation sites is 1. The van der Waals surface area contributed by atoms with E-state index in [4.69, 9.17) is 4.74 Å². The summed E-state index contributed by atoms with van der Waals surface area (Å²) in [4.78, 5) is 10.8. The predicted molar refractivity (Wildman–Crippen MR) is 71.9 cm³/mol. The molecule has 0 aromatic heterocycles. The summed E-state index contributed by atoms with van der Waals surface area (Å²) in [5.74, 6) is 0.886. The Bertz CT molecular complexity index is 359. The second kappa shape index (κ2) is 7.17. The maximum Gasteiger partial charge on any atom is 0.217 e. The van der Waals surface area contributed by atoms with Gasteiger partial charge in [0.05, 0.1) is 6.04 Å². The first kappa shape index (κ1) is 15.8. The van der Waals surface area contributed by atoms with Crippen LogP contribution < -0.4 is 10.1 Å². The smallest absolute Gasteiger partial charge is 0.217 e. The van der Waals surface area contributed by atoms with E-state index in [-0.39, 0.29) is 24.4 Å². The van der Waals surface area contributed by atoms with E-state index in [1.54, 1.807) is 0 Å². The molecule has 0 saturated carbocycles. The van der Waals surface area contributed by atoms with Crippen molar-refractivity contribution in [2.24, 2.45) is 0 Å². The summed E-state index contributed by atoms with van der Waals surface area (Å²) >= 11 is 0. The number of nitrogens with one attached hydrogen (secondary N) is 1. The molecule has 0 saturated heterocycles. The molecular weight excluding hydrogens is 238 g/mol. The highest BCUT2D eigenvalue weighted by Crippen LogP contribution is 2.22. The number of carbonyl (C=O) groups excluding carboxylic acids is 1. The lowest BCUT2D eigenvalue weighted by Crippen LogP contribution is -2.35. The fourth-order valence-corrected chi connectivity index (χ4v) is 1.62. The maximum absolute atomic E-state index is 10.8. The molecule has 1 atom stereocenters. The van der Waals surface area contributed by atoms with Crippen molar-refractivity contribution in [3.05, 3.63) is 29.3 Å². The SMILES string of the molecule is CC(=O)NC(C)COc1c(C)cccc1C.Cl. The standard InChI is InChI=1S/C13H19NO2.ClH/c1-9-6-5-7-10(2)13(9)16-8-11(3)14-12(4)15;/h5-7,11H,8H2,1-4H3,(H,14,15);1H. The summed E-state index contributed by atoms with van der Waals surface area (Å²) in [6.45, 7) is 7.96. The third-order valence-corrected chi connectivity index (χ3v) is 2.34. The number of ether oxygens (including phenoxy) is 1. The molecule has 0 aliphatic heterocycles. The van der Waals surface area contributed by atoms with Crippen molar-refractivity contribution in [1.82, 2.24) is 5.32 Å². The molecule has 17 heavy (non-hydrogen) atoms. The van der Waals surface area contributed by atoms with E-state index in [9.17, 15) is 4.79 Å². The fraction of sp³-hybridized carbons (Fsp3) is 0.462. The zero-order valence-electron chi connectivity index (χ0n) is 10.7. The first-order valence-corrected chi connectivity index (χ1v) is 5.47. The Balaban J connectivity index is 0.00000256. The fourth-order valence-electron chi connectivity index (χ4n) is 1.62. The number of hydrogen-bond donors (Lipinski definition) is 1. The summed E-state index contributed by atoms with van der Waals surface area (Å²) in [5.41, 5.74) is 2.24. The van der Waals surface area contributed by atoms with Crippen LogP contribution in [0.25, 0.3) is 0 Å². The van der Waals surface area contributed by atoms with E-state index in [1.807, 2.05) is 39.0 Å². The van der Waals surface area contributed by atoms with Gasteiger partial charge < -0.3 is 10.1 Å². The van der Waals surface area contributed by atoms with Crippen molar-refractivity contribution in [2.75, 3.05) is 6.61 Å². The van der Waals surface area contributed by atoms with Gasteiger partial charge in [-0.25, -0.2) is 0 Å². The van der Waals surface area contributed by atoms with Gasteiger partial charge in [0.1, 0.15) is 12.4 Å². The molecule has 0 aliphatic carbocycles. The van der Waals surface area contributed by atoms with Gasteiger partial charge in [-0.3, -0.25) is 4.79 Å². The molecule has 0 spiro atoms. The number of halogens is 1. The molecule has 3 nitrogen and oxygen atoms in total. The van der Waals surface area contributed by atoms with Crippen molar-refractivity contribution >= 4 is 18.3 Å². The minimum Gasteiger partial charge on any atom is -0.491 e.